The molecule has 0 bridgehead atoms. The van der Waals surface area contributed by atoms with Crippen molar-refractivity contribution in [2.24, 2.45) is 0 Å². The van der Waals surface area contributed by atoms with E-state index >= 15 is 0 Å². The van der Waals surface area contributed by atoms with Crippen LogP contribution in [0.5, 0.6) is 0 Å². The Balaban J connectivity index is 3.72. The van der Waals surface area contributed by atoms with Crippen molar-refractivity contribution in [1.29, 1.82) is 0 Å². The van der Waals surface area contributed by atoms with Crippen LogP contribution in [0.15, 0.2) is 37.0 Å². The Kier molecular flexibility index (Phi) is 11.6. The summed E-state index contributed by atoms with van der Waals surface area (Å²) in [6, 6.07) is 0.657. The van der Waals surface area contributed by atoms with Gasteiger partial charge >= 0.3 is 0 Å². The number of nitrogens with one attached hydrogen (secondary N) is 1. The van der Waals surface area contributed by atoms with Crippen molar-refractivity contribution < 1.29 is 0 Å². The molecule has 92 valence electrons. The molecule has 0 aliphatic rings. The highest BCUT2D eigenvalue weighted by molar-refractivity contribution is 5.01. The molecule has 1 heteroatoms. The van der Waals surface area contributed by atoms with E-state index in [1.165, 1.54) is 19.3 Å². The lowest BCUT2D eigenvalue weighted by Crippen LogP contribution is -2.28. The third-order valence-electron chi connectivity index (χ3n) is 2.45. The van der Waals surface area contributed by atoms with E-state index < -0.39 is 0 Å². The summed E-state index contributed by atoms with van der Waals surface area (Å²) in [5, 5.41) is 3.59. The van der Waals surface area contributed by atoms with E-state index in [1.807, 2.05) is 12.2 Å². The van der Waals surface area contributed by atoms with Crippen molar-refractivity contribution in [1.82, 2.24) is 5.32 Å². The molecule has 0 aromatic rings. The third kappa shape index (κ3) is 9.72. The monoisotopic (exact) mass is 221 g/mol. The standard InChI is InChI=1S/C15H27N/c1-4-7-8-9-10-11-13-15(12-5-2)16-14-6-3/h4,7-8,10-11,15-16H,1,5-6,9,12-14H2,2-3H3. The highest BCUT2D eigenvalue weighted by Gasteiger charge is 2.02. The first kappa shape index (κ1) is 15.2. The molecule has 0 radical (unpaired) electrons. The fraction of sp³-hybridized carbons (Fsp3) is 0.600. The Morgan fingerprint density at radius 2 is 1.94 bits per heavy atom. The van der Waals surface area contributed by atoms with Crippen molar-refractivity contribution >= 4 is 0 Å². The van der Waals surface area contributed by atoms with Crippen LogP contribution in [0.1, 0.15) is 46.0 Å². The predicted molar refractivity (Wildman–Crippen MR) is 74.7 cm³/mol. The van der Waals surface area contributed by atoms with Crippen molar-refractivity contribution in [3.05, 3.63) is 37.0 Å². The van der Waals surface area contributed by atoms with Crippen molar-refractivity contribution in [3.8, 4) is 0 Å². The van der Waals surface area contributed by atoms with E-state index in [-0.39, 0.29) is 0 Å². The summed E-state index contributed by atoms with van der Waals surface area (Å²) in [5.41, 5.74) is 0. The second-order valence-electron chi connectivity index (χ2n) is 4.05. The molecule has 1 unspecified atom stereocenters. The van der Waals surface area contributed by atoms with E-state index in [2.05, 4.69) is 44.0 Å². The van der Waals surface area contributed by atoms with Crippen molar-refractivity contribution in [2.45, 2.75) is 52.0 Å². The molecule has 1 atom stereocenters. The summed E-state index contributed by atoms with van der Waals surface area (Å²) >= 11 is 0. The Bertz CT molecular complexity index is 203. The Hall–Kier alpha value is -0.820. The van der Waals surface area contributed by atoms with E-state index in [4.69, 9.17) is 0 Å². The summed E-state index contributed by atoms with van der Waals surface area (Å²) in [5.74, 6) is 0. The quantitative estimate of drug-likeness (QED) is 0.430. The molecule has 0 heterocycles. The van der Waals surface area contributed by atoms with Crippen LogP contribution in [0.4, 0.5) is 0 Å². The molecule has 1 N–H and O–H groups in total. The fourth-order valence-electron chi connectivity index (χ4n) is 1.61. The van der Waals surface area contributed by atoms with Gasteiger partial charge in [-0.3, -0.25) is 0 Å². The molecule has 0 saturated carbocycles. The van der Waals surface area contributed by atoms with Gasteiger partial charge in [0, 0.05) is 6.04 Å². The van der Waals surface area contributed by atoms with Crippen molar-refractivity contribution in [3.63, 3.8) is 0 Å². The third-order valence-corrected chi connectivity index (χ3v) is 2.45. The maximum Gasteiger partial charge on any atom is 0.0101 e. The lowest BCUT2D eigenvalue weighted by molar-refractivity contribution is 0.479. The van der Waals surface area contributed by atoms with Gasteiger partial charge in [0.25, 0.3) is 0 Å². The van der Waals surface area contributed by atoms with Gasteiger partial charge in [-0.05, 0) is 32.2 Å². The summed E-state index contributed by atoms with van der Waals surface area (Å²) in [4.78, 5) is 0. The summed E-state index contributed by atoms with van der Waals surface area (Å²) in [6.07, 6.45) is 16.4. The van der Waals surface area contributed by atoms with Gasteiger partial charge < -0.3 is 5.32 Å². The lowest BCUT2D eigenvalue weighted by atomic mass is 10.1. The van der Waals surface area contributed by atoms with E-state index in [0.717, 1.165) is 19.4 Å². The Labute approximate surface area is 101 Å². The van der Waals surface area contributed by atoms with Gasteiger partial charge in [-0.1, -0.05) is 57.2 Å². The molecular formula is C15H27N. The summed E-state index contributed by atoms with van der Waals surface area (Å²) in [7, 11) is 0. The lowest BCUT2D eigenvalue weighted by Gasteiger charge is -2.15. The molecule has 0 saturated heterocycles. The van der Waals surface area contributed by atoms with Crippen LogP contribution < -0.4 is 5.32 Å². The zero-order valence-electron chi connectivity index (χ0n) is 10.9. The molecule has 0 rings (SSSR count). The fourth-order valence-corrected chi connectivity index (χ4v) is 1.61. The minimum absolute atomic E-state index is 0.657. The smallest absolute Gasteiger partial charge is 0.0101 e. The Morgan fingerprint density at radius 3 is 2.56 bits per heavy atom. The molecule has 0 spiro atoms. The van der Waals surface area contributed by atoms with Crippen LogP contribution in [0.2, 0.25) is 0 Å². The molecule has 0 amide bonds. The number of allylic oxidation sites excluding steroid dienone is 4. The average molecular weight is 221 g/mol. The zero-order chi connectivity index (χ0) is 12.1. The average Bonchev–Trinajstić information content (AvgIpc) is 2.30. The molecule has 0 aliphatic carbocycles. The number of rotatable bonds is 10. The van der Waals surface area contributed by atoms with Gasteiger partial charge in [0.1, 0.15) is 0 Å². The van der Waals surface area contributed by atoms with E-state index in [1.54, 1.807) is 0 Å². The molecule has 0 aliphatic heterocycles. The maximum atomic E-state index is 3.64. The molecule has 16 heavy (non-hydrogen) atoms. The van der Waals surface area contributed by atoms with E-state index in [9.17, 15) is 0 Å². The van der Waals surface area contributed by atoms with Gasteiger partial charge in [-0.25, -0.2) is 0 Å². The highest BCUT2D eigenvalue weighted by Crippen LogP contribution is 2.03. The number of hydrogen-bond acceptors (Lipinski definition) is 1. The molecular weight excluding hydrogens is 194 g/mol. The minimum atomic E-state index is 0.657. The van der Waals surface area contributed by atoms with Crippen LogP contribution in [0.25, 0.3) is 0 Å². The van der Waals surface area contributed by atoms with Crippen LogP contribution in [0, 0.1) is 0 Å². The first-order valence-corrected chi connectivity index (χ1v) is 6.51. The maximum absolute atomic E-state index is 3.64. The SMILES string of the molecule is C=CC=CCC=CCC(CCC)NCCC. The number of hydrogen-bond donors (Lipinski definition) is 1. The van der Waals surface area contributed by atoms with Gasteiger partial charge in [0.2, 0.25) is 0 Å². The summed E-state index contributed by atoms with van der Waals surface area (Å²) < 4.78 is 0. The largest absolute Gasteiger partial charge is 0.314 e. The molecule has 0 aromatic carbocycles. The van der Waals surface area contributed by atoms with Crippen LogP contribution in [-0.4, -0.2) is 12.6 Å². The van der Waals surface area contributed by atoms with Crippen LogP contribution in [0.3, 0.4) is 0 Å². The first-order chi connectivity index (χ1) is 7.85. The predicted octanol–water partition coefficient (Wildman–Crippen LogP) is 4.23. The zero-order valence-corrected chi connectivity index (χ0v) is 10.9. The first-order valence-electron chi connectivity index (χ1n) is 6.51. The van der Waals surface area contributed by atoms with Crippen molar-refractivity contribution in [2.75, 3.05) is 6.54 Å². The van der Waals surface area contributed by atoms with Crippen LogP contribution >= 0.6 is 0 Å². The van der Waals surface area contributed by atoms with Gasteiger partial charge in [-0.15, -0.1) is 0 Å². The highest BCUT2D eigenvalue weighted by atomic mass is 14.9. The molecule has 0 fully saturated rings. The van der Waals surface area contributed by atoms with Gasteiger partial charge in [-0.2, -0.15) is 0 Å². The summed E-state index contributed by atoms with van der Waals surface area (Å²) in [6.45, 7) is 9.24. The molecule has 0 aromatic heterocycles. The van der Waals surface area contributed by atoms with Gasteiger partial charge in [0.15, 0.2) is 0 Å². The van der Waals surface area contributed by atoms with Gasteiger partial charge in [0.05, 0.1) is 0 Å². The minimum Gasteiger partial charge on any atom is -0.314 e. The molecule has 1 nitrogen and oxygen atoms in total. The second kappa shape index (κ2) is 12.3. The second-order valence-corrected chi connectivity index (χ2v) is 4.05. The van der Waals surface area contributed by atoms with E-state index in [0.29, 0.717) is 6.04 Å². The normalized spacial score (nSPS) is 13.6. The Morgan fingerprint density at radius 1 is 1.12 bits per heavy atom. The topological polar surface area (TPSA) is 12.0 Å². The van der Waals surface area contributed by atoms with Crippen LogP contribution in [-0.2, 0) is 0 Å².